The third kappa shape index (κ3) is 3.14. The molecule has 0 aliphatic heterocycles. The van der Waals surface area contributed by atoms with Gasteiger partial charge >= 0.3 is 0 Å². The molecular weight excluding hydrogens is 237 g/mol. The molecular formula is C9H9BrFNO. The number of nitrogens with one attached hydrogen (secondary N) is 1. The minimum Gasteiger partial charge on any atom is -0.323 e. The summed E-state index contributed by atoms with van der Waals surface area (Å²) in [7, 11) is 0. The summed E-state index contributed by atoms with van der Waals surface area (Å²) in [5.74, 6) is -0.689. The van der Waals surface area contributed by atoms with Gasteiger partial charge in [-0.3, -0.25) is 4.79 Å². The van der Waals surface area contributed by atoms with Crippen molar-refractivity contribution in [2.75, 3.05) is 5.32 Å². The number of aryl methyl sites for hydroxylation is 1. The van der Waals surface area contributed by atoms with Crippen LogP contribution in [0.5, 0.6) is 0 Å². The van der Waals surface area contributed by atoms with Crippen molar-refractivity contribution in [3.63, 3.8) is 0 Å². The van der Waals surface area contributed by atoms with E-state index in [9.17, 15) is 9.18 Å². The third-order valence-corrected chi connectivity index (χ3v) is 1.90. The molecule has 0 aliphatic carbocycles. The Labute approximate surface area is 84.3 Å². The highest BCUT2D eigenvalue weighted by Crippen LogP contribution is 2.11. The van der Waals surface area contributed by atoms with E-state index in [4.69, 9.17) is 0 Å². The minimum atomic E-state index is -1.66. The topological polar surface area (TPSA) is 29.1 Å². The molecule has 0 spiro atoms. The highest BCUT2D eigenvalue weighted by Gasteiger charge is 2.11. The van der Waals surface area contributed by atoms with Crippen molar-refractivity contribution >= 4 is 27.5 Å². The summed E-state index contributed by atoms with van der Waals surface area (Å²) >= 11 is 2.54. The molecule has 0 aliphatic rings. The van der Waals surface area contributed by atoms with Gasteiger partial charge in [-0.05, 0) is 40.5 Å². The molecule has 0 aromatic heterocycles. The first-order valence-electron chi connectivity index (χ1n) is 3.75. The molecule has 1 aromatic rings. The first-order valence-corrected chi connectivity index (χ1v) is 4.67. The second-order valence-electron chi connectivity index (χ2n) is 2.66. The molecule has 0 bridgehead atoms. The van der Waals surface area contributed by atoms with E-state index in [0.29, 0.717) is 5.69 Å². The SMILES string of the molecule is Cc1cccc(NC(=O)C(F)Br)c1. The van der Waals surface area contributed by atoms with Crippen molar-refractivity contribution in [2.45, 2.75) is 12.0 Å². The number of rotatable bonds is 2. The Morgan fingerprint density at radius 1 is 1.62 bits per heavy atom. The molecule has 13 heavy (non-hydrogen) atoms. The molecule has 0 heterocycles. The van der Waals surface area contributed by atoms with Gasteiger partial charge in [-0.1, -0.05) is 12.1 Å². The molecule has 1 atom stereocenters. The number of benzene rings is 1. The van der Waals surface area contributed by atoms with Crippen LogP contribution in [0.3, 0.4) is 0 Å². The quantitative estimate of drug-likeness (QED) is 0.798. The lowest BCUT2D eigenvalue weighted by Crippen LogP contribution is -2.18. The lowest BCUT2D eigenvalue weighted by Gasteiger charge is -2.04. The number of hydrogen-bond donors (Lipinski definition) is 1. The molecule has 2 nitrogen and oxygen atoms in total. The fourth-order valence-electron chi connectivity index (χ4n) is 0.920. The number of carbonyl (C=O) groups is 1. The van der Waals surface area contributed by atoms with Crippen LogP contribution < -0.4 is 5.32 Å². The smallest absolute Gasteiger partial charge is 0.270 e. The molecule has 0 radical (unpaired) electrons. The maximum absolute atomic E-state index is 12.4. The predicted molar refractivity (Wildman–Crippen MR) is 53.6 cm³/mol. The van der Waals surface area contributed by atoms with E-state index in [0.717, 1.165) is 5.56 Å². The van der Waals surface area contributed by atoms with E-state index in [1.54, 1.807) is 18.2 Å². The largest absolute Gasteiger partial charge is 0.323 e. The van der Waals surface area contributed by atoms with Crippen LogP contribution in [-0.2, 0) is 4.79 Å². The van der Waals surface area contributed by atoms with E-state index in [1.807, 2.05) is 13.0 Å². The van der Waals surface area contributed by atoms with Gasteiger partial charge in [0.1, 0.15) is 0 Å². The van der Waals surface area contributed by atoms with Crippen LogP contribution in [0.25, 0.3) is 0 Å². The summed E-state index contributed by atoms with van der Waals surface area (Å²) < 4.78 is 12.4. The van der Waals surface area contributed by atoms with Gasteiger partial charge in [0, 0.05) is 5.69 Å². The number of alkyl halides is 2. The van der Waals surface area contributed by atoms with Crippen LogP contribution in [0, 0.1) is 6.92 Å². The molecule has 1 aromatic carbocycles. The van der Waals surface area contributed by atoms with Crippen LogP contribution >= 0.6 is 15.9 Å². The number of halogens is 2. The Kier molecular flexibility index (Phi) is 3.42. The number of anilines is 1. The Morgan fingerprint density at radius 3 is 2.85 bits per heavy atom. The van der Waals surface area contributed by atoms with E-state index in [1.165, 1.54) is 0 Å². The molecule has 0 saturated heterocycles. The normalized spacial score (nSPS) is 12.2. The first-order chi connectivity index (χ1) is 6.09. The average molecular weight is 246 g/mol. The fraction of sp³-hybridized carbons (Fsp3) is 0.222. The van der Waals surface area contributed by atoms with Gasteiger partial charge in [0.15, 0.2) is 0 Å². The second-order valence-corrected chi connectivity index (χ2v) is 3.46. The van der Waals surface area contributed by atoms with Gasteiger partial charge in [0.25, 0.3) is 5.91 Å². The van der Waals surface area contributed by atoms with Crippen molar-refractivity contribution in [1.29, 1.82) is 0 Å². The molecule has 1 N–H and O–H groups in total. The third-order valence-electron chi connectivity index (χ3n) is 1.48. The van der Waals surface area contributed by atoms with Gasteiger partial charge in [0.05, 0.1) is 0 Å². The van der Waals surface area contributed by atoms with Gasteiger partial charge in [0.2, 0.25) is 5.08 Å². The first kappa shape index (κ1) is 10.2. The second kappa shape index (κ2) is 4.37. The fourth-order valence-corrected chi connectivity index (χ4v) is 1.03. The maximum atomic E-state index is 12.4. The Balaban J connectivity index is 2.69. The van der Waals surface area contributed by atoms with Crippen molar-refractivity contribution in [1.82, 2.24) is 0 Å². The van der Waals surface area contributed by atoms with E-state index >= 15 is 0 Å². The summed E-state index contributed by atoms with van der Waals surface area (Å²) in [5, 5.41) is 0.762. The standard InChI is InChI=1S/C9H9BrFNO/c1-6-3-2-4-7(5-6)12-9(13)8(10)11/h2-5,8H,1H3,(H,12,13). The van der Waals surface area contributed by atoms with Crippen molar-refractivity contribution in [3.05, 3.63) is 29.8 Å². The predicted octanol–water partition coefficient (Wildman–Crippen LogP) is 2.62. The van der Waals surface area contributed by atoms with Crippen LogP contribution in [0.2, 0.25) is 0 Å². The van der Waals surface area contributed by atoms with E-state index < -0.39 is 11.0 Å². The van der Waals surface area contributed by atoms with Gasteiger partial charge in [-0.25, -0.2) is 4.39 Å². The van der Waals surface area contributed by atoms with Crippen LogP contribution in [0.15, 0.2) is 24.3 Å². The number of amides is 1. The Hall–Kier alpha value is -0.900. The zero-order chi connectivity index (χ0) is 9.84. The number of carbonyl (C=O) groups excluding carboxylic acids is 1. The summed E-state index contributed by atoms with van der Waals surface area (Å²) in [6, 6.07) is 7.18. The van der Waals surface area contributed by atoms with Crippen molar-refractivity contribution in [3.8, 4) is 0 Å². The molecule has 1 unspecified atom stereocenters. The van der Waals surface area contributed by atoms with Crippen LogP contribution in [-0.4, -0.2) is 11.0 Å². The van der Waals surface area contributed by atoms with Gasteiger partial charge < -0.3 is 5.32 Å². The zero-order valence-corrected chi connectivity index (χ0v) is 8.64. The van der Waals surface area contributed by atoms with Crippen molar-refractivity contribution in [2.24, 2.45) is 0 Å². The lowest BCUT2D eigenvalue weighted by atomic mass is 10.2. The highest BCUT2D eigenvalue weighted by molar-refractivity contribution is 9.09. The van der Waals surface area contributed by atoms with E-state index in [-0.39, 0.29) is 0 Å². The summed E-state index contributed by atoms with van der Waals surface area (Å²) in [4.78, 5) is 10.9. The van der Waals surface area contributed by atoms with Gasteiger partial charge in [-0.15, -0.1) is 0 Å². The molecule has 1 amide bonds. The maximum Gasteiger partial charge on any atom is 0.270 e. The molecule has 0 fully saturated rings. The molecule has 4 heteroatoms. The van der Waals surface area contributed by atoms with Crippen LogP contribution in [0.1, 0.15) is 5.56 Å². The molecule has 1 rings (SSSR count). The molecule has 0 saturated carbocycles. The average Bonchev–Trinajstić information content (AvgIpc) is 2.04. The monoisotopic (exact) mass is 245 g/mol. The molecule has 70 valence electrons. The Morgan fingerprint density at radius 2 is 2.31 bits per heavy atom. The Bertz CT molecular complexity index is 314. The number of hydrogen-bond acceptors (Lipinski definition) is 1. The minimum absolute atomic E-state index is 0.604. The van der Waals surface area contributed by atoms with E-state index in [2.05, 4.69) is 21.2 Å². The van der Waals surface area contributed by atoms with Crippen molar-refractivity contribution < 1.29 is 9.18 Å². The lowest BCUT2D eigenvalue weighted by molar-refractivity contribution is -0.117. The summed E-state index contributed by atoms with van der Waals surface area (Å²) in [6.07, 6.45) is 0. The highest BCUT2D eigenvalue weighted by atomic mass is 79.9. The summed E-state index contributed by atoms with van der Waals surface area (Å²) in [6.45, 7) is 1.90. The zero-order valence-electron chi connectivity index (χ0n) is 7.05. The summed E-state index contributed by atoms with van der Waals surface area (Å²) in [5.41, 5.74) is 1.62. The van der Waals surface area contributed by atoms with Crippen LogP contribution in [0.4, 0.5) is 10.1 Å². The van der Waals surface area contributed by atoms with Gasteiger partial charge in [-0.2, -0.15) is 0 Å².